The minimum Gasteiger partial charge on any atom is -0.384 e. The number of nitrogens with zero attached hydrogens (tertiary/aromatic N) is 2. The van der Waals surface area contributed by atoms with E-state index in [1.165, 1.54) is 0 Å². The lowest BCUT2D eigenvalue weighted by molar-refractivity contribution is 0.501. The molecule has 17 heavy (non-hydrogen) atoms. The van der Waals surface area contributed by atoms with Crippen molar-refractivity contribution >= 4 is 15.7 Å². The number of anilines is 1. The van der Waals surface area contributed by atoms with Gasteiger partial charge in [0.15, 0.2) is 9.84 Å². The molecule has 94 valence electrons. The molecule has 1 aromatic heterocycles. The van der Waals surface area contributed by atoms with E-state index in [4.69, 9.17) is 5.73 Å². The zero-order chi connectivity index (χ0) is 12.0. The molecule has 1 fully saturated rings. The van der Waals surface area contributed by atoms with E-state index in [1.807, 2.05) is 0 Å². The Morgan fingerprint density at radius 3 is 2.71 bits per heavy atom. The van der Waals surface area contributed by atoms with E-state index in [0.29, 0.717) is 12.2 Å². The van der Waals surface area contributed by atoms with Crippen LogP contribution >= 0.6 is 0 Å². The van der Waals surface area contributed by atoms with Crippen molar-refractivity contribution in [2.75, 3.05) is 17.2 Å². The minimum atomic E-state index is -2.88. The number of aryl methyl sites for hydroxylation is 1. The number of sulfone groups is 1. The number of nitrogen functional groups attached to an aromatic ring is 1. The highest BCUT2D eigenvalue weighted by Gasteiger charge is 2.32. The third-order valence-corrected chi connectivity index (χ3v) is 5.53. The molecule has 1 aromatic rings. The molecular weight excluding hydrogens is 238 g/mol. The van der Waals surface area contributed by atoms with Crippen LogP contribution in [-0.4, -0.2) is 29.7 Å². The summed E-state index contributed by atoms with van der Waals surface area (Å²) in [4.78, 5) is 0. The van der Waals surface area contributed by atoms with Crippen LogP contribution in [-0.2, 0) is 22.7 Å². The molecule has 0 radical (unpaired) electrons. The molecule has 1 atom stereocenters. The van der Waals surface area contributed by atoms with Crippen molar-refractivity contribution in [1.82, 2.24) is 9.78 Å². The number of nitrogens with two attached hydrogens (primary N) is 1. The molecule has 5 nitrogen and oxygen atoms in total. The summed E-state index contributed by atoms with van der Waals surface area (Å²) in [7, 11) is -2.88. The van der Waals surface area contributed by atoms with Crippen molar-refractivity contribution in [3.8, 4) is 0 Å². The van der Waals surface area contributed by atoms with E-state index in [9.17, 15) is 8.42 Å². The Bertz CT molecular complexity index is 547. The molecule has 0 unspecified atom stereocenters. The fourth-order valence-electron chi connectivity index (χ4n) is 2.84. The third kappa shape index (κ3) is 1.84. The summed E-state index contributed by atoms with van der Waals surface area (Å²) in [6, 6.07) is -0.0504. The maximum atomic E-state index is 11.5. The second kappa shape index (κ2) is 3.73. The predicted octanol–water partition coefficient (Wildman–Crippen LogP) is 0.704. The quantitative estimate of drug-likeness (QED) is 0.801. The van der Waals surface area contributed by atoms with Crippen molar-refractivity contribution in [2.24, 2.45) is 0 Å². The molecule has 2 aliphatic rings. The van der Waals surface area contributed by atoms with Crippen LogP contribution < -0.4 is 5.73 Å². The Hall–Kier alpha value is -1.04. The zero-order valence-electron chi connectivity index (χ0n) is 9.72. The number of rotatable bonds is 1. The fraction of sp³-hybridized carbons (Fsp3) is 0.727. The lowest BCUT2D eigenvalue weighted by Crippen LogP contribution is -2.15. The van der Waals surface area contributed by atoms with Crippen molar-refractivity contribution in [3.05, 3.63) is 11.3 Å². The van der Waals surface area contributed by atoms with Crippen molar-refractivity contribution in [3.63, 3.8) is 0 Å². The van der Waals surface area contributed by atoms with E-state index in [1.54, 1.807) is 4.68 Å². The molecule has 1 aliphatic carbocycles. The van der Waals surface area contributed by atoms with Crippen LogP contribution in [0.4, 0.5) is 5.82 Å². The molecule has 0 spiro atoms. The van der Waals surface area contributed by atoms with Gasteiger partial charge in [-0.2, -0.15) is 5.10 Å². The Labute approximate surface area is 101 Å². The smallest absolute Gasteiger partial charge is 0.152 e. The minimum absolute atomic E-state index is 0.0504. The van der Waals surface area contributed by atoms with Crippen LogP contribution in [0.25, 0.3) is 0 Å². The molecule has 1 aliphatic heterocycles. The van der Waals surface area contributed by atoms with Crippen LogP contribution in [0.5, 0.6) is 0 Å². The normalized spacial score (nSPS) is 26.9. The van der Waals surface area contributed by atoms with Gasteiger partial charge in [0, 0.05) is 5.56 Å². The number of aromatic nitrogens is 2. The van der Waals surface area contributed by atoms with Gasteiger partial charge in [0.2, 0.25) is 0 Å². The van der Waals surface area contributed by atoms with Crippen LogP contribution in [0.1, 0.15) is 36.6 Å². The van der Waals surface area contributed by atoms with Gasteiger partial charge in [-0.1, -0.05) is 0 Å². The summed E-state index contributed by atoms with van der Waals surface area (Å²) in [5.41, 5.74) is 8.33. The summed E-state index contributed by atoms with van der Waals surface area (Å²) in [6.45, 7) is 0. The van der Waals surface area contributed by atoms with Crippen LogP contribution in [0.2, 0.25) is 0 Å². The molecule has 1 saturated heterocycles. The predicted molar refractivity (Wildman–Crippen MR) is 65.6 cm³/mol. The lowest BCUT2D eigenvalue weighted by atomic mass is 9.98. The fourth-order valence-corrected chi connectivity index (χ4v) is 4.54. The first-order valence-corrected chi connectivity index (χ1v) is 7.95. The summed E-state index contributed by atoms with van der Waals surface area (Å²) in [5, 5.41) is 4.53. The standard InChI is InChI=1S/C11H17N3O2S/c12-11-9-3-1-2-4-10(9)13-14(11)8-5-6-17(15,16)7-8/h8H,1-7,12H2/t8-/m1/s1. The molecule has 2 heterocycles. The SMILES string of the molecule is Nc1c2c(nn1[C@@H]1CCS(=O)(=O)C1)CCCC2. The second-order valence-corrected chi connectivity index (χ2v) is 7.25. The lowest BCUT2D eigenvalue weighted by Gasteiger charge is -2.11. The molecule has 0 saturated carbocycles. The maximum Gasteiger partial charge on any atom is 0.152 e. The monoisotopic (exact) mass is 255 g/mol. The third-order valence-electron chi connectivity index (χ3n) is 3.78. The summed E-state index contributed by atoms with van der Waals surface area (Å²) >= 11 is 0. The van der Waals surface area contributed by atoms with Gasteiger partial charge in [-0.25, -0.2) is 13.1 Å². The summed E-state index contributed by atoms with van der Waals surface area (Å²) in [5.74, 6) is 1.15. The average molecular weight is 255 g/mol. The first-order valence-electron chi connectivity index (χ1n) is 6.13. The Balaban J connectivity index is 1.96. The van der Waals surface area contributed by atoms with Crippen molar-refractivity contribution in [1.29, 1.82) is 0 Å². The van der Waals surface area contributed by atoms with Gasteiger partial charge in [0.05, 0.1) is 23.2 Å². The van der Waals surface area contributed by atoms with Crippen molar-refractivity contribution < 1.29 is 8.42 Å². The molecule has 2 N–H and O–H groups in total. The van der Waals surface area contributed by atoms with E-state index in [2.05, 4.69) is 5.10 Å². The Morgan fingerprint density at radius 2 is 2.06 bits per heavy atom. The van der Waals surface area contributed by atoms with Crippen LogP contribution in [0, 0.1) is 0 Å². The maximum absolute atomic E-state index is 11.5. The van der Waals surface area contributed by atoms with Crippen LogP contribution in [0.15, 0.2) is 0 Å². The zero-order valence-corrected chi connectivity index (χ0v) is 10.5. The number of hydrogen-bond donors (Lipinski definition) is 1. The highest BCUT2D eigenvalue weighted by molar-refractivity contribution is 7.91. The molecule has 3 rings (SSSR count). The number of fused-ring (bicyclic) bond motifs is 1. The van der Waals surface area contributed by atoms with Gasteiger partial charge in [-0.3, -0.25) is 0 Å². The van der Waals surface area contributed by atoms with E-state index >= 15 is 0 Å². The van der Waals surface area contributed by atoms with Gasteiger partial charge in [-0.15, -0.1) is 0 Å². The average Bonchev–Trinajstić information content (AvgIpc) is 2.81. The summed E-state index contributed by atoms with van der Waals surface area (Å²) in [6.07, 6.45) is 4.93. The van der Waals surface area contributed by atoms with E-state index in [0.717, 1.165) is 36.9 Å². The van der Waals surface area contributed by atoms with E-state index < -0.39 is 9.84 Å². The Morgan fingerprint density at radius 1 is 1.29 bits per heavy atom. The van der Waals surface area contributed by atoms with Crippen LogP contribution in [0.3, 0.4) is 0 Å². The van der Waals surface area contributed by atoms with Gasteiger partial charge in [-0.05, 0) is 32.1 Å². The number of hydrogen-bond acceptors (Lipinski definition) is 4. The molecule has 0 bridgehead atoms. The first kappa shape index (κ1) is 11.1. The first-order chi connectivity index (χ1) is 8.07. The highest BCUT2D eigenvalue weighted by Crippen LogP contribution is 2.31. The highest BCUT2D eigenvalue weighted by atomic mass is 32.2. The second-order valence-electron chi connectivity index (χ2n) is 5.02. The molecular formula is C11H17N3O2S. The van der Waals surface area contributed by atoms with Gasteiger partial charge >= 0.3 is 0 Å². The Kier molecular flexibility index (Phi) is 2.43. The van der Waals surface area contributed by atoms with Gasteiger partial charge in [0.25, 0.3) is 0 Å². The van der Waals surface area contributed by atoms with Crippen molar-refractivity contribution in [2.45, 2.75) is 38.1 Å². The van der Waals surface area contributed by atoms with Gasteiger partial charge in [0.1, 0.15) is 5.82 Å². The largest absolute Gasteiger partial charge is 0.384 e. The van der Waals surface area contributed by atoms with E-state index in [-0.39, 0.29) is 17.5 Å². The summed E-state index contributed by atoms with van der Waals surface area (Å²) < 4.78 is 24.7. The molecule has 0 amide bonds. The molecule has 0 aromatic carbocycles. The van der Waals surface area contributed by atoms with Gasteiger partial charge < -0.3 is 5.73 Å². The molecule has 6 heteroatoms. The topological polar surface area (TPSA) is 78.0 Å².